The maximum absolute atomic E-state index is 12.7. The van der Waals surface area contributed by atoms with Gasteiger partial charge in [0.1, 0.15) is 0 Å². The molecular formula is C24H29NO3. The number of carbonyl (C=O) groups is 2. The van der Waals surface area contributed by atoms with Gasteiger partial charge in [0.2, 0.25) is 5.91 Å². The fraction of sp³-hybridized carbons (Fsp3) is 0.500. The maximum Gasteiger partial charge on any atom is 0.335 e. The van der Waals surface area contributed by atoms with Gasteiger partial charge in [-0.2, -0.15) is 0 Å². The van der Waals surface area contributed by atoms with E-state index in [9.17, 15) is 14.7 Å². The van der Waals surface area contributed by atoms with E-state index in [0.29, 0.717) is 17.4 Å². The van der Waals surface area contributed by atoms with E-state index in [4.69, 9.17) is 5.73 Å². The number of hydrogen-bond acceptors (Lipinski definition) is 2. The molecule has 0 spiro atoms. The minimum Gasteiger partial charge on any atom is -0.478 e. The summed E-state index contributed by atoms with van der Waals surface area (Å²) >= 11 is 0. The van der Waals surface area contributed by atoms with Crippen LogP contribution in [0.15, 0.2) is 24.3 Å². The minimum absolute atomic E-state index is 0.295. The van der Waals surface area contributed by atoms with E-state index in [1.54, 1.807) is 12.1 Å². The molecular weight excluding hydrogens is 350 g/mol. The van der Waals surface area contributed by atoms with Gasteiger partial charge < -0.3 is 10.8 Å². The number of amides is 1. The van der Waals surface area contributed by atoms with E-state index in [0.717, 1.165) is 53.1 Å². The van der Waals surface area contributed by atoms with E-state index < -0.39 is 5.97 Å². The van der Waals surface area contributed by atoms with Gasteiger partial charge in [0.15, 0.2) is 0 Å². The zero-order valence-corrected chi connectivity index (χ0v) is 16.4. The first kappa shape index (κ1) is 19.0. The standard InChI is InChI=1S/C24H29NO3/c25-23(26)22-20(15-7-3-1-4-8-15)14-18-13-17(24(27)28)11-12-19(18)21(22)16-9-5-2-6-10-16/h11-16H,1-10H2,(H2,25,26)(H,27,28). The molecule has 2 aliphatic carbocycles. The second kappa shape index (κ2) is 7.94. The molecule has 0 unspecified atom stereocenters. The molecule has 0 atom stereocenters. The van der Waals surface area contributed by atoms with Crippen LogP contribution in [0.1, 0.15) is 108 Å². The van der Waals surface area contributed by atoms with Crippen molar-refractivity contribution in [1.29, 1.82) is 0 Å². The Bertz CT molecular complexity index is 906. The average molecular weight is 380 g/mol. The summed E-state index contributed by atoms with van der Waals surface area (Å²) in [5.41, 5.74) is 9.13. The lowest BCUT2D eigenvalue weighted by Crippen LogP contribution is -2.22. The molecule has 2 aliphatic rings. The number of aromatic carboxylic acids is 1. The summed E-state index contributed by atoms with van der Waals surface area (Å²) in [6.07, 6.45) is 11.5. The van der Waals surface area contributed by atoms with Gasteiger partial charge in [-0.3, -0.25) is 4.79 Å². The van der Waals surface area contributed by atoms with Crippen molar-refractivity contribution < 1.29 is 14.7 Å². The highest BCUT2D eigenvalue weighted by Crippen LogP contribution is 2.44. The molecule has 2 aromatic rings. The van der Waals surface area contributed by atoms with E-state index in [1.165, 1.54) is 38.5 Å². The van der Waals surface area contributed by atoms with Crippen LogP contribution < -0.4 is 5.73 Å². The van der Waals surface area contributed by atoms with Crippen molar-refractivity contribution >= 4 is 22.6 Å². The number of fused-ring (bicyclic) bond motifs is 1. The fourth-order valence-electron chi connectivity index (χ4n) is 5.42. The summed E-state index contributed by atoms with van der Waals surface area (Å²) in [6.45, 7) is 0. The van der Waals surface area contributed by atoms with Gasteiger partial charge >= 0.3 is 5.97 Å². The third kappa shape index (κ3) is 3.52. The van der Waals surface area contributed by atoms with Crippen molar-refractivity contribution in [2.45, 2.75) is 76.0 Å². The van der Waals surface area contributed by atoms with Gasteiger partial charge in [0.05, 0.1) is 5.56 Å². The molecule has 0 radical (unpaired) electrons. The molecule has 2 aromatic carbocycles. The molecule has 2 fully saturated rings. The Morgan fingerprint density at radius 3 is 2.04 bits per heavy atom. The molecule has 4 nitrogen and oxygen atoms in total. The molecule has 4 heteroatoms. The number of benzene rings is 2. The number of carboxylic acids is 1. The Kier molecular flexibility index (Phi) is 5.38. The molecule has 0 bridgehead atoms. The lowest BCUT2D eigenvalue weighted by Gasteiger charge is -2.30. The van der Waals surface area contributed by atoms with Crippen molar-refractivity contribution in [2.75, 3.05) is 0 Å². The van der Waals surface area contributed by atoms with Gasteiger partial charge in [-0.15, -0.1) is 0 Å². The average Bonchev–Trinajstić information content (AvgIpc) is 2.73. The number of rotatable bonds is 4. The first-order valence-electron chi connectivity index (χ1n) is 10.7. The van der Waals surface area contributed by atoms with Crippen molar-refractivity contribution in [3.8, 4) is 0 Å². The highest BCUT2D eigenvalue weighted by molar-refractivity contribution is 6.04. The van der Waals surface area contributed by atoms with Gasteiger partial charge in [-0.1, -0.05) is 50.7 Å². The van der Waals surface area contributed by atoms with E-state index in [-0.39, 0.29) is 5.91 Å². The topological polar surface area (TPSA) is 80.4 Å². The van der Waals surface area contributed by atoms with Crippen molar-refractivity contribution in [1.82, 2.24) is 0 Å². The molecule has 3 N–H and O–H groups in total. The molecule has 2 saturated carbocycles. The van der Waals surface area contributed by atoms with Gasteiger partial charge in [-0.25, -0.2) is 4.79 Å². The van der Waals surface area contributed by atoms with Gasteiger partial charge in [-0.05, 0) is 71.6 Å². The lowest BCUT2D eigenvalue weighted by atomic mass is 9.74. The largest absolute Gasteiger partial charge is 0.478 e. The normalized spacial score (nSPS) is 19.0. The first-order chi connectivity index (χ1) is 13.6. The summed E-state index contributed by atoms with van der Waals surface area (Å²) in [5.74, 6) is -0.570. The van der Waals surface area contributed by atoms with Crippen molar-refractivity contribution in [2.24, 2.45) is 5.73 Å². The fourth-order valence-corrected chi connectivity index (χ4v) is 5.42. The number of carboxylic acid groups (broad SMARTS) is 1. The zero-order valence-electron chi connectivity index (χ0n) is 16.4. The van der Waals surface area contributed by atoms with Crippen LogP contribution in [0.2, 0.25) is 0 Å². The predicted molar refractivity (Wildman–Crippen MR) is 111 cm³/mol. The van der Waals surface area contributed by atoms with Crippen LogP contribution in [0.4, 0.5) is 0 Å². The van der Waals surface area contributed by atoms with E-state index in [1.807, 2.05) is 6.07 Å². The molecule has 28 heavy (non-hydrogen) atoms. The van der Waals surface area contributed by atoms with Crippen LogP contribution >= 0.6 is 0 Å². The Labute approximate surface area is 166 Å². The SMILES string of the molecule is NC(=O)c1c(C2CCCCC2)cc2cc(C(=O)O)ccc2c1C1CCCCC1. The van der Waals surface area contributed by atoms with Crippen LogP contribution in [-0.2, 0) is 0 Å². The summed E-state index contributed by atoms with van der Waals surface area (Å²) in [7, 11) is 0. The van der Waals surface area contributed by atoms with Crippen LogP contribution in [0.3, 0.4) is 0 Å². The Morgan fingerprint density at radius 2 is 1.46 bits per heavy atom. The Hall–Kier alpha value is -2.36. The highest BCUT2D eigenvalue weighted by Gasteiger charge is 2.29. The monoisotopic (exact) mass is 379 g/mol. The van der Waals surface area contributed by atoms with Crippen molar-refractivity contribution in [3.63, 3.8) is 0 Å². The Balaban J connectivity index is 1.98. The summed E-state index contributed by atoms with van der Waals surface area (Å²) in [5, 5.41) is 11.4. The minimum atomic E-state index is -0.917. The number of carbonyl (C=O) groups excluding carboxylic acids is 1. The number of hydrogen-bond donors (Lipinski definition) is 2. The molecule has 148 valence electrons. The zero-order chi connectivity index (χ0) is 19.7. The smallest absolute Gasteiger partial charge is 0.335 e. The number of primary amides is 1. The summed E-state index contributed by atoms with van der Waals surface area (Å²) in [4.78, 5) is 24.2. The molecule has 1 amide bonds. The van der Waals surface area contributed by atoms with Gasteiger partial charge in [0.25, 0.3) is 0 Å². The summed E-state index contributed by atoms with van der Waals surface area (Å²) in [6, 6.07) is 7.37. The van der Waals surface area contributed by atoms with E-state index >= 15 is 0 Å². The second-order valence-electron chi connectivity index (χ2n) is 8.53. The Morgan fingerprint density at radius 1 is 0.857 bits per heavy atom. The maximum atomic E-state index is 12.7. The van der Waals surface area contributed by atoms with Crippen LogP contribution in [0.25, 0.3) is 10.8 Å². The third-order valence-corrected chi connectivity index (χ3v) is 6.76. The molecule has 0 heterocycles. The lowest BCUT2D eigenvalue weighted by molar-refractivity contribution is 0.0696. The van der Waals surface area contributed by atoms with Crippen molar-refractivity contribution in [3.05, 3.63) is 46.5 Å². The number of nitrogens with two attached hydrogens (primary N) is 1. The van der Waals surface area contributed by atoms with Crippen LogP contribution in [0.5, 0.6) is 0 Å². The van der Waals surface area contributed by atoms with Crippen LogP contribution in [0, 0.1) is 0 Å². The van der Waals surface area contributed by atoms with E-state index in [2.05, 4.69) is 6.07 Å². The van der Waals surface area contributed by atoms with Gasteiger partial charge in [0, 0.05) is 5.56 Å². The third-order valence-electron chi connectivity index (χ3n) is 6.76. The highest BCUT2D eigenvalue weighted by atomic mass is 16.4. The molecule has 0 aromatic heterocycles. The van der Waals surface area contributed by atoms with Crippen LogP contribution in [-0.4, -0.2) is 17.0 Å². The second-order valence-corrected chi connectivity index (χ2v) is 8.53. The molecule has 0 saturated heterocycles. The quantitative estimate of drug-likeness (QED) is 0.711. The molecule has 4 rings (SSSR count). The summed E-state index contributed by atoms with van der Waals surface area (Å²) < 4.78 is 0. The molecule has 0 aliphatic heterocycles. The first-order valence-corrected chi connectivity index (χ1v) is 10.7. The predicted octanol–water partition coefficient (Wildman–Crippen LogP) is 5.73.